The van der Waals surface area contributed by atoms with Crippen LogP contribution in [0.1, 0.15) is 12.8 Å². The molecule has 1 aliphatic heterocycles. The van der Waals surface area contributed by atoms with E-state index in [0.29, 0.717) is 36.0 Å². The standard InChI is InChI=1S/C19H19NO6/c1-23-13-4-6-14(7-5-13)24-10-2-3-19(22)26-15-8-9-16-17(11-15)25-12-18(21)20-16/h4-9,11H,2-3,10,12H2,1H3,(H,20,21). The molecule has 0 saturated carbocycles. The minimum absolute atomic E-state index is 0.0485. The van der Waals surface area contributed by atoms with E-state index in [0.717, 1.165) is 5.75 Å². The Morgan fingerprint density at radius 2 is 1.85 bits per heavy atom. The second-order valence-electron chi connectivity index (χ2n) is 5.60. The van der Waals surface area contributed by atoms with Gasteiger partial charge in [0.25, 0.3) is 5.91 Å². The summed E-state index contributed by atoms with van der Waals surface area (Å²) < 4.78 is 21.2. The smallest absolute Gasteiger partial charge is 0.311 e. The van der Waals surface area contributed by atoms with Gasteiger partial charge in [0, 0.05) is 12.5 Å². The van der Waals surface area contributed by atoms with Gasteiger partial charge in [-0.15, -0.1) is 0 Å². The molecule has 1 amide bonds. The van der Waals surface area contributed by atoms with E-state index in [1.54, 1.807) is 25.3 Å². The topological polar surface area (TPSA) is 83.1 Å². The molecule has 1 heterocycles. The van der Waals surface area contributed by atoms with Crippen molar-refractivity contribution < 1.29 is 28.5 Å². The third-order valence-electron chi connectivity index (χ3n) is 3.67. The third-order valence-corrected chi connectivity index (χ3v) is 3.67. The molecule has 0 aromatic heterocycles. The van der Waals surface area contributed by atoms with Crippen molar-refractivity contribution in [2.45, 2.75) is 12.8 Å². The fourth-order valence-corrected chi connectivity index (χ4v) is 2.38. The number of carbonyl (C=O) groups is 2. The summed E-state index contributed by atoms with van der Waals surface area (Å²) in [6, 6.07) is 12.1. The Labute approximate surface area is 150 Å². The van der Waals surface area contributed by atoms with Gasteiger partial charge >= 0.3 is 5.97 Å². The summed E-state index contributed by atoms with van der Waals surface area (Å²) in [7, 11) is 1.60. The predicted octanol–water partition coefficient (Wildman–Crippen LogP) is 2.79. The van der Waals surface area contributed by atoms with E-state index in [4.69, 9.17) is 18.9 Å². The van der Waals surface area contributed by atoms with Gasteiger partial charge in [-0.2, -0.15) is 0 Å². The third kappa shape index (κ3) is 4.66. The molecule has 0 unspecified atom stereocenters. The largest absolute Gasteiger partial charge is 0.497 e. The summed E-state index contributed by atoms with van der Waals surface area (Å²) in [6.45, 7) is 0.355. The summed E-state index contributed by atoms with van der Waals surface area (Å²) in [5, 5.41) is 2.68. The first kappa shape index (κ1) is 17.6. The van der Waals surface area contributed by atoms with Crippen LogP contribution < -0.4 is 24.3 Å². The average molecular weight is 357 g/mol. The Morgan fingerprint density at radius 3 is 2.62 bits per heavy atom. The van der Waals surface area contributed by atoms with Crippen LogP contribution in [0.15, 0.2) is 42.5 Å². The van der Waals surface area contributed by atoms with Gasteiger partial charge in [0.15, 0.2) is 6.61 Å². The van der Waals surface area contributed by atoms with Crippen LogP contribution in [0.4, 0.5) is 5.69 Å². The number of amides is 1. The second kappa shape index (κ2) is 8.24. The predicted molar refractivity (Wildman–Crippen MR) is 93.9 cm³/mol. The zero-order chi connectivity index (χ0) is 18.4. The molecule has 0 fully saturated rings. The summed E-state index contributed by atoms with van der Waals surface area (Å²) in [5.41, 5.74) is 0.564. The van der Waals surface area contributed by atoms with Gasteiger partial charge in [0.2, 0.25) is 0 Å². The van der Waals surface area contributed by atoms with Crippen LogP contribution in [0.3, 0.4) is 0 Å². The highest BCUT2D eigenvalue weighted by atomic mass is 16.5. The van der Waals surface area contributed by atoms with Crippen LogP contribution >= 0.6 is 0 Å². The molecule has 0 spiro atoms. The summed E-state index contributed by atoms with van der Waals surface area (Å²) in [5.74, 6) is 1.77. The number of hydrogen-bond donors (Lipinski definition) is 1. The minimum Gasteiger partial charge on any atom is -0.497 e. The number of nitrogens with one attached hydrogen (secondary N) is 1. The van der Waals surface area contributed by atoms with Crippen LogP contribution in [-0.4, -0.2) is 32.2 Å². The van der Waals surface area contributed by atoms with Gasteiger partial charge in [0.1, 0.15) is 23.0 Å². The molecule has 0 saturated heterocycles. The van der Waals surface area contributed by atoms with Gasteiger partial charge in [-0.1, -0.05) is 0 Å². The highest BCUT2D eigenvalue weighted by Crippen LogP contribution is 2.31. The Morgan fingerprint density at radius 1 is 1.12 bits per heavy atom. The molecule has 0 aliphatic carbocycles. The van der Waals surface area contributed by atoms with Crippen LogP contribution in [0, 0.1) is 0 Å². The van der Waals surface area contributed by atoms with Crippen molar-refractivity contribution in [3.8, 4) is 23.0 Å². The minimum atomic E-state index is -0.358. The molecule has 26 heavy (non-hydrogen) atoms. The molecule has 1 N–H and O–H groups in total. The molecule has 7 nitrogen and oxygen atoms in total. The average Bonchev–Trinajstić information content (AvgIpc) is 2.66. The molecule has 7 heteroatoms. The SMILES string of the molecule is COc1ccc(OCCCC(=O)Oc2ccc3c(c2)OCC(=O)N3)cc1. The van der Waals surface area contributed by atoms with Crippen molar-refractivity contribution in [2.75, 3.05) is 25.6 Å². The summed E-state index contributed by atoms with van der Waals surface area (Å²) >= 11 is 0. The normalized spacial score (nSPS) is 12.4. The van der Waals surface area contributed by atoms with Crippen molar-refractivity contribution in [3.63, 3.8) is 0 Å². The maximum Gasteiger partial charge on any atom is 0.311 e. The quantitative estimate of drug-likeness (QED) is 0.466. The molecule has 0 atom stereocenters. The lowest BCUT2D eigenvalue weighted by atomic mass is 10.2. The van der Waals surface area contributed by atoms with Crippen molar-refractivity contribution in [3.05, 3.63) is 42.5 Å². The highest BCUT2D eigenvalue weighted by molar-refractivity contribution is 5.95. The Balaban J connectivity index is 1.42. The van der Waals surface area contributed by atoms with Crippen molar-refractivity contribution in [1.29, 1.82) is 0 Å². The monoisotopic (exact) mass is 357 g/mol. The molecular weight excluding hydrogens is 338 g/mol. The number of hydrogen-bond acceptors (Lipinski definition) is 6. The molecule has 2 aromatic carbocycles. The molecule has 0 bridgehead atoms. The van der Waals surface area contributed by atoms with Crippen LogP contribution in [0.25, 0.3) is 0 Å². The lowest BCUT2D eigenvalue weighted by Crippen LogP contribution is -2.25. The van der Waals surface area contributed by atoms with E-state index < -0.39 is 0 Å². The summed E-state index contributed by atoms with van der Waals surface area (Å²) in [6.07, 6.45) is 0.757. The van der Waals surface area contributed by atoms with Gasteiger partial charge in [-0.05, 0) is 42.8 Å². The first-order chi connectivity index (χ1) is 12.6. The number of esters is 1. The number of rotatable bonds is 7. The molecule has 1 aliphatic rings. The molecule has 3 rings (SSSR count). The van der Waals surface area contributed by atoms with E-state index in [-0.39, 0.29) is 24.9 Å². The number of ether oxygens (including phenoxy) is 4. The van der Waals surface area contributed by atoms with Gasteiger partial charge in [-0.3, -0.25) is 9.59 Å². The van der Waals surface area contributed by atoms with E-state index >= 15 is 0 Å². The number of anilines is 1. The fourth-order valence-electron chi connectivity index (χ4n) is 2.38. The fraction of sp³-hybridized carbons (Fsp3) is 0.263. The first-order valence-electron chi connectivity index (χ1n) is 8.18. The van der Waals surface area contributed by atoms with Crippen LogP contribution in [0.2, 0.25) is 0 Å². The van der Waals surface area contributed by atoms with Gasteiger partial charge in [-0.25, -0.2) is 0 Å². The summed E-state index contributed by atoms with van der Waals surface area (Å²) in [4.78, 5) is 23.2. The van der Waals surface area contributed by atoms with E-state index in [9.17, 15) is 9.59 Å². The van der Waals surface area contributed by atoms with E-state index in [1.807, 2.05) is 24.3 Å². The van der Waals surface area contributed by atoms with Crippen LogP contribution in [0.5, 0.6) is 23.0 Å². The molecule has 0 radical (unpaired) electrons. The molecular formula is C19H19NO6. The molecule has 2 aromatic rings. The molecule has 136 valence electrons. The van der Waals surface area contributed by atoms with Gasteiger partial charge < -0.3 is 24.3 Å². The maximum absolute atomic E-state index is 11.9. The lowest BCUT2D eigenvalue weighted by Gasteiger charge is -2.18. The zero-order valence-corrected chi connectivity index (χ0v) is 14.3. The Bertz CT molecular complexity index is 787. The highest BCUT2D eigenvalue weighted by Gasteiger charge is 2.17. The van der Waals surface area contributed by atoms with Gasteiger partial charge in [0.05, 0.1) is 19.4 Å². The number of fused-ring (bicyclic) bond motifs is 1. The maximum atomic E-state index is 11.9. The lowest BCUT2D eigenvalue weighted by molar-refractivity contribution is -0.134. The second-order valence-corrected chi connectivity index (χ2v) is 5.60. The number of benzene rings is 2. The van der Waals surface area contributed by atoms with Crippen molar-refractivity contribution in [1.82, 2.24) is 0 Å². The Hall–Kier alpha value is -3.22. The zero-order valence-electron chi connectivity index (χ0n) is 14.3. The van der Waals surface area contributed by atoms with E-state index in [2.05, 4.69) is 5.32 Å². The van der Waals surface area contributed by atoms with Crippen LogP contribution in [-0.2, 0) is 9.59 Å². The number of carbonyl (C=O) groups excluding carboxylic acids is 2. The van der Waals surface area contributed by atoms with E-state index in [1.165, 1.54) is 0 Å². The Kier molecular flexibility index (Phi) is 5.58. The first-order valence-corrected chi connectivity index (χ1v) is 8.18. The van der Waals surface area contributed by atoms with Crippen molar-refractivity contribution in [2.24, 2.45) is 0 Å². The van der Waals surface area contributed by atoms with Crippen molar-refractivity contribution >= 4 is 17.6 Å². The number of methoxy groups -OCH3 is 1.